The maximum atomic E-state index is 12.4. The quantitative estimate of drug-likeness (QED) is 0.690. The van der Waals surface area contributed by atoms with E-state index in [1.807, 2.05) is 30.3 Å². The van der Waals surface area contributed by atoms with Crippen molar-refractivity contribution in [2.75, 3.05) is 5.73 Å². The SMILES string of the molecule is Nc1cc(Cc2ccccc2)ccc1OS(=O)(=O)F. The molecule has 4 nitrogen and oxygen atoms in total. The number of hydrogen-bond donors (Lipinski definition) is 1. The van der Waals surface area contributed by atoms with Crippen LogP contribution in [-0.2, 0) is 16.9 Å². The van der Waals surface area contributed by atoms with E-state index in [2.05, 4.69) is 4.18 Å². The van der Waals surface area contributed by atoms with Crippen LogP contribution in [0.3, 0.4) is 0 Å². The number of hydrogen-bond acceptors (Lipinski definition) is 4. The van der Waals surface area contributed by atoms with E-state index >= 15 is 0 Å². The van der Waals surface area contributed by atoms with Crippen molar-refractivity contribution in [2.45, 2.75) is 6.42 Å². The second-order valence-corrected chi connectivity index (χ2v) is 4.96. The summed E-state index contributed by atoms with van der Waals surface area (Å²) in [5, 5.41) is 0. The maximum absolute atomic E-state index is 12.4. The van der Waals surface area contributed by atoms with Crippen molar-refractivity contribution in [3.63, 3.8) is 0 Å². The molecular formula is C13H12FNO3S. The lowest BCUT2D eigenvalue weighted by atomic mass is 10.0. The van der Waals surface area contributed by atoms with Gasteiger partial charge in [-0.25, -0.2) is 0 Å². The average molecular weight is 281 g/mol. The van der Waals surface area contributed by atoms with Crippen molar-refractivity contribution in [2.24, 2.45) is 0 Å². The van der Waals surface area contributed by atoms with Gasteiger partial charge in [0.25, 0.3) is 0 Å². The highest BCUT2D eigenvalue weighted by molar-refractivity contribution is 7.81. The van der Waals surface area contributed by atoms with Crippen LogP contribution in [0.1, 0.15) is 11.1 Å². The van der Waals surface area contributed by atoms with Crippen molar-refractivity contribution in [3.05, 3.63) is 59.7 Å². The zero-order chi connectivity index (χ0) is 13.9. The molecule has 2 N–H and O–H groups in total. The summed E-state index contributed by atoms with van der Waals surface area (Å²) in [5.74, 6) is -0.209. The van der Waals surface area contributed by atoms with E-state index in [9.17, 15) is 12.3 Å². The summed E-state index contributed by atoms with van der Waals surface area (Å²) in [5.41, 5.74) is 7.68. The maximum Gasteiger partial charge on any atom is 0.488 e. The van der Waals surface area contributed by atoms with Gasteiger partial charge in [-0.2, -0.15) is 8.42 Å². The van der Waals surface area contributed by atoms with Crippen LogP contribution >= 0.6 is 0 Å². The van der Waals surface area contributed by atoms with Crippen LogP contribution in [0, 0.1) is 0 Å². The molecule has 2 aromatic carbocycles. The molecule has 0 fully saturated rings. The summed E-state index contributed by atoms with van der Waals surface area (Å²) in [4.78, 5) is 0. The third-order valence-corrected chi connectivity index (χ3v) is 2.89. The Morgan fingerprint density at radius 2 is 1.74 bits per heavy atom. The monoisotopic (exact) mass is 281 g/mol. The Bertz CT molecular complexity index is 672. The first-order chi connectivity index (χ1) is 8.94. The molecule has 2 aromatic rings. The van der Waals surface area contributed by atoms with Gasteiger partial charge < -0.3 is 9.92 Å². The number of rotatable bonds is 4. The molecule has 0 amide bonds. The predicted octanol–water partition coefficient (Wildman–Crippen LogP) is 2.45. The fourth-order valence-electron chi connectivity index (χ4n) is 1.72. The molecule has 0 saturated heterocycles. The molecule has 2 rings (SSSR count). The van der Waals surface area contributed by atoms with Crippen LogP contribution in [0.2, 0.25) is 0 Å². The smallest absolute Gasteiger partial charge is 0.396 e. The van der Waals surface area contributed by atoms with E-state index in [1.165, 1.54) is 6.07 Å². The Balaban J connectivity index is 2.20. The van der Waals surface area contributed by atoms with Gasteiger partial charge in [-0.15, -0.1) is 0 Å². The molecule has 0 heterocycles. The topological polar surface area (TPSA) is 69.4 Å². The number of halogens is 1. The van der Waals surface area contributed by atoms with Gasteiger partial charge in [-0.05, 0) is 29.7 Å². The molecule has 100 valence electrons. The number of anilines is 1. The summed E-state index contributed by atoms with van der Waals surface area (Å²) < 4.78 is 37.3. The van der Waals surface area contributed by atoms with Crippen LogP contribution in [0.5, 0.6) is 5.75 Å². The van der Waals surface area contributed by atoms with E-state index in [4.69, 9.17) is 5.73 Å². The molecule has 0 atom stereocenters. The van der Waals surface area contributed by atoms with Gasteiger partial charge in [-0.1, -0.05) is 40.3 Å². The van der Waals surface area contributed by atoms with Crippen LogP contribution in [0.4, 0.5) is 9.57 Å². The standard InChI is InChI=1S/C13H12FNO3S/c14-19(16,17)18-13-7-6-11(9-12(13)15)8-10-4-2-1-3-5-10/h1-7,9H,8,15H2. The fourth-order valence-corrected chi connectivity index (χ4v) is 2.09. The Morgan fingerprint density at radius 1 is 1.05 bits per heavy atom. The minimum atomic E-state index is -5.05. The van der Waals surface area contributed by atoms with Crippen LogP contribution in [0.15, 0.2) is 48.5 Å². The summed E-state index contributed by atoms with van der Waals surface area (Å²) >= 11 is 0. The first-order valence-electron chi connectivity index (χ1n) is 5.50. The zero-order valence-electron chi connectivity index (χ0n) is 9.91. The summed E-state index contributed by atoms with van der Waals surface area (Å²) in [6.07, 6.45) is 0.647. The van der Waals surface area contributed by atoms with Crippen molar-refractivity contribution in [3.8, 4) is 5.75 Å². The Kier molecular flexibility index (Phi) is 3.71. The molecule has 0 unspecified atom stereocenters. The van der Waals surface area contributed by atoms with E-state index < -0.39 is 10.5 Å². The molecule has 0 bridgehead atoms. The minimum Gasteiger partial charge on any atom is -0.396 e. The Labute approximate surface area is 111 Å². The number of nitrogen functional groups attached to an aromatic ring is 1. The van der Waals surface area contributed by atoms with E-state index in [0.29, 0.717) is 6.42 Å². The van der Waals surface area contributed by atoms with E-state index in [0.717, 1.165) is 11.1 Å². The normalized spacial score (nSPS) is 11.2. The zero-order valence-corrected chi connectivity index (χ0v) is 10.7. The Morgan fingerprint density at radius 3 is 2.32 bits per heavy atom. The van der Waals surface area contributed by atoms with Crippen LogP contribution in [0.25, 0.3) is 0 Å². The number of nitrogens with two attached hydrogens (primary N) is 1. The molecule has 0 spiro atoms. The lowest BCUT2D eigenvalue weighted by molar-refractivity contribution is 0.441. The molecule has 0 aliphatic heterocycles. The summed E-state index contributed by atoms with van der Waals surface area (Å²) in [7, 11) is -5.05. The van der Waals surface area contributed by atoms with Gasteiger partial charge in [0.2, 0.25) is 0 Å². The lowest BCUT2D eigenvalue weighted by Crippen LogP contribution is -2.04. The molecule has 0 aliphatic carbocycles. The van der Waals surface area contributed by atoms with Gasteiger partial charge in [0.15, 0.2) is 5.75 Å². The van der Waals surface area contributed by atoms with Gasteiger partial charge in [-0.3, -0.25) is 0 Å². The second kappa shape index (κ2) is 5.27. The largest absolute Gasteiger partial charge is 0.488 e. The highest BCUT2D eigenvalue weighted by Crippen LogP contribution is 2.25. The fraction of sp³-hybridized carbons (Fsp3) is 0.0769. The molecule has 19 heavy (non-hydrogen) atoms. The predicted molar refractivity (Wildman–Crippen MR) is 70.8 cm³/mol. The molecule has 0 aliphatic rings. The van der Waals surface area contributed by atoms with Crippen molar-refractivity contribution >= 4 is 16.2 Å². The van der Waals surface area contributed by atoms with Crippen molar-refractivity contribution in [1.29, 1.82) is 0 Å². The third-order valence-electron chi connectivity index (χ3n) is 2.51. The van der Waals surface area contributed by atoms with Crippen LogP contribution in [-0.4, -0.2) is 8.42 Å². The van der Waals surface area contributed by atoms with Crippen molar-refractivity contribution in [1.82, 2.24) is 0 Å². The molecule has 0 saturated carbocycles. The molecular weight excluding hydrogens is 269 g/mol. The van der Waals surface area contributed by atoms with Gasteiger partial charge in [0, 0.05) is 0 Å². The van der Waals surface area contributed by atoms with Crippen molar-refractivity contribution < 1.29 is 16.5 Å². The van der Waals surface area contributed by atoms with E-state index in [-0.39, 0.29) is 11.4 Å². The average Bonchev–Trinajstić information content (AvgIpc) is 2.33. The first kappa shape index (κ1) is 13.4. The van der Waals surface area contributed by atoms with Gasteiger partial charge in [0.05, 0.1) is 5.69 Å². The number of benzene rings is 2. The minimum absolute atomic E-state index is 0.0784. The highest BCUT2D eigenvalue weighted by atomic mass is 32.3. The molecule has 0 aromatic heterocycles. The third kappa shape index (κ3) is 3.96. The second-order valence-electron chi connectivity index (χ2n) is 4.01. The van der Waals surface area contributed by atoms with Gasteiger partial charge in [0.1, 0.15) is 0 Å². The molecule has 0 radical (unpaired) electrons. The van der Waals surface area contributed by atoms with Crippen LogP contribution < -0.4 is 9.92 Å². The van der Waals surface area contributed by atoms with E-state index in [1.54, 1.807) is 12.1 Å². The van der Waals surface area contributed by atoms with Gasteiger partial charge >= 0.3 is 10.5 Å². The lowest BCUT2D eigenvalue weighted by Gasteiger charge is -2.07. The molecule has 6 heteroatoms. The highest BCUT2D eigenvalue weighted by Gasteiger charge is 2.12. The Hall–Kier alpha value is -2.08. The first-order valence-corrected chi connectivity index (χ1v) is 6.81. The summed E-state index contributed by atoms with van der Waals surface area (Å²) in [6.45, 7) is 0. The summed E-state index contributed by atoms with van der Waals surface area (Å²) in [6, 6.07) is 14.2.